The minimum Gasteiger partial charge on any atom is -0.493 e. The number of fused-ring (bicyclic) bond motifs is 4. The third-order valence-corrected chi connectivity index (χ3v) is 6.22. The lowest BCUT2D eigenvalue weighted by Crippen LogP contribution is -2.64. The van der Waals surface area contributed by atoms with Crippen molar-refractivity contribution in [2.24, 2.45) is 0 Å². The number of rotatable bonds is 3. The van der Waals surface area contributed by atoms with E-state index < -0.39 is 5.72 Å². The lowest BCUT2D eigenvalue weighted by molar-refractivity contribution is -0.162. The van der Waals surface area contributed by atoms with Crippen molar-refractivity contribution in [3.63, 3.8) is 0 Å². The predicted molar refractivity (Wildman–Crippen MR) is 107 cm³/mol. The van der Waals surface area contributed by atoms with Gasteiger partial charge in [-0.3, -0.25) is 0 Å². The van der Waals surface area contributed by atoms with Crippen LogP contribution in [0.2, 0.25) is 0 Å². The molecule has 1 aromatic heterocycles. The van der Waals surface area contributed by atoms with E-state index in [0.717, 1.165) is 54.5 Å². The van der Waals surface area contributed by atoms with E-state index in [0.29, 0.717) is 6.04 Å². The minimum absolute atomic E-state index is 0.0737. The Morgan fingerprint density at radius 1 is 1.18 bits per heavy atom. The summed E-state index contributed by atoms with van der Waals surface area (Å²) >= 11 is 0. The molecule has 1 N–H and O–H groups in total. The summed E-state index contributed by atoms with van der Waals surface area (Å²) in [6, 6.07) is 10.6. The Balaban J connectivity index is 1.56. The van der Waals surface area contributed by atoms with Gasteiger partial charge in [0.05, 0.1) is 25.1 Å². The largest absolute Gasteiger partial charge is 0.493 e. The molecule has 2 aromatic rings. The number of hydrogen-bond donors (Lipinski definition) is 1. The molecule has 28 heavy (non-hydrogen) atoms. The highest BCUT2D eigenvalue weighted by Crippen LogP contribution is 2.51. The number of para-hydroxylation sites is 1. The molecule has 4 heterocycles. The first-order chi connectivity index (χ1) is 13.6. The Morgan fingerprint density at radius 2 is 2.00 bits per heavy atom. The highest BCUT2D eigenvalue weighted by molar-refractivity contribution is 5.65. The van der Waals surface area contributed by atoms with Crippen molar-refractivity contribution in [2.45, 2.75) is 44.5 Å². The molecule has 148 valence electrons. The van der Waals surface area contributed by atoms with Crippen LogP contribution < -0.4 is 14.9 Å². The van der Waals surface area contributed by atoms with Crippen LogP contribution >= 0.6 is 0 Å². The molecule has 0 bridgehead atoms. The maximum Gasteiger partial charge on any atom is 0.183 e. The van der Waals surface area contributed by atoms with Gasteiger partial charge in [-0.2, -0.15) is 5.01 Å². The maximum atomic E-state index is 6.74. The van der Waals surface area contributed by atoms with Gasteiger partial charge in [0.2, 0.25) is 0 Å². The van der Waals surface area contributed by atoms with Crippen molar-refractivity contribution in [2.75, 3.05) is 20.2 Å². The van der Waals surface area contributed by atoms with Crippen molar-refractivity contribution in [1.29, 1.82) is 0 Å². The number of nitrogens with zero attached hydrogens (tertiary/aromatic N) is 2. The number of benzene rings is 1. The van der Waals surface area contributed by atoms with Crippen molar-refractivity contribution in [3.05, 3.63) is 54.0 Å². The monoisotopic (exact) mass is 381 g/mol. The van der Waals surface area contributed by atoms with Gasteiger partial charge in [0.1, 0.15) is 0 Å². The number of nitrogens with one attached hydrogen (secondary N) is 1. The molecule has 3 aliphatic heterocycles. The Morgan fingerprint density at radius 3 is 2.68 bits per heavy atom. The molecule has 0 unspecified atom stereocenters. The van der Waals surface area contributed by atoms with Crippen LogP contribution in [0.4, 0.5) is 0 Å². The van der Waals surface area contributed by atoms with Crippen molar-refractivity contribution < 1.29 is 13.9 Å². The average Bonchev–Trinajstić information content (AvgIpc) is 3.38. The summed E-state index contributed by atoms with van der Waals surface area (Å²) in [7, 11) is 1.70. The molecule has 3 aliphatic rings. The molecule has 0 amide bonds. The number of hydrogen-bond acceptors (Lipinski definition) is 6. The normalized spacial score (nSPS) is 23.7. The van der Waals surface area contributed by atoms with E-state index in [4.69, 9.17) is 13.9 Å². The van der Waals surface area contributed by atoms with Gasteiger partial charge >= 0.3 is 0 Å². The Hall–Kier alpha value is -2.44. The van der Waals surface area contributed by atoms with Crippen LogP contribution in [-0.4, -0.2) is 41.9 Å². The summed E-state index contributed by atoms with van der Waals surface area (Å²) in [5, 5.41) is 2.28. The number of hydrazine groups is 1. The molecule has 5 rings (SSSR count). The van der Waals surface area contributed by atoms with Gasteiger partial charge in [0, 0.05) is 37.5 Å². The Bertz CT molecular complexity index is 882. The molecule has 1 atom stereocenters. The van der Waals surface area contributed by atoms with Gasteiger partial charge in [-0.05, 0) is 38.1 Å². The van der Waals surface area contributed by atoms with Crippen LogP contribution in [0, 0.1) is 0 Å². The van der Waals surface area contributed by atoms with Crippen molar-refractivity contribution in [3.8, 4) is 11.5 Å². The van der Waals surface area contributed by atoms with Gasteiger partial charge in [0.25, 0.3) is 0 Å². The van der Waals surface area contributed by atoms with Gasteiger partial charge in [-0.15, -0.1) is 0 Å². The molecule has 1 fully saturated rings. The summed E-state index contributed by atoms with van der Waals surface area (Å²) in [4.78, 5) is 2.51. The molecule has 0 saturated carbocycles. The zero-order chi connectivity index (χ0) is 19.3. The SMILES string of the molecule is COc1cccc2c1OC1(CCN(C(C)C)CC1)N1NC(c3ccco3)=C[C@H]21. The number of methoxy groups -OCH3 is 1. The molecule has 1 saturated heterocycles. The van der Waals surface area contributed by atoms with E-state index in [1.165, 1.54) is 0 Å². The molecular formula is C22H27N3O3. The summed E-state index contributed by atoms with van der Waals surface area (Å²) in [6.45, 7) is 6.52. The first-order valence-electron chi connectivity index (χ1n) is 10.0. The van der Waals surface area contributed by atoms with E-state index in [9.17, 15) is 0 Å². The highest BCUT2D eigenvalue weighted by atomic mass is 16.5. The lowest BCUT2D eigenvalue weighted by atomic mass is 9.92. The Labute approximate surface area is 165 Å². The van der Waals surface area contributed by atoms with Gasteiger partial charge in [-0.1, -0.05) is 12.1 Å². The fourth-order valence-corrected chi connectivity index (χ4v) is 4.63. The number of piperidine rings is 1. The highest BCUT2D eigenvalue weighted by Gasteiger charge is 2.52. The summed E-state index contributed by atoms with van der Waals surface area (Å²) in [5.74, 6) is 2.50. The van der Waals surface area contributed by atoms with E-state index in [1.54, 1.807) is 13.4 Å². The minimum atomic E-state index is -0.414. The van der Waals surface area contributed by atoms with Crippen LogP contribution in [0.1, 0.15) is 44.1 Å². The van der Waals surface area contributed by atoms with E-state index in [2.05, 4.69) is 41.3 Å². The van der Waals surface area contributed by atoms with Crippen molar-refractivity contribution in [1.82, 2.24) is 15.3 Å². The first-order valence-corrected chi connectivity index (χ1v) is 10.0. The molecule has 6 nitrogen and oxygen atoms in total. The molecule has 0 aliphatic carbocycles. The third-order valence-electron chi connectivity index (χ3n) is 6.22. The third kappa shape index (κ3) is 2.63. The predicted octanol–water partition coefficient (Wildman–Crippen LogP) is 3.78. The average molecular weight is 381 g/mol. The number of ether oxygens (including phenoxy) is 2. The second kappa shape index (κ2) is 6.57. The molecule has 6 heteroatoms. The van der Waals surface area contributed by atoms with Crippen LogP contribution in [0.3, 0.4) is 0 Å². The summed E-state index contributed by atoms with van der Waals surface area (Å²) < 4.78 is 18.0. The number of likely N-dealkylation sites (tertiary alicyclic amines) is 1. The van der Waals surface area contributed by atoms with Crippen molar-refractivity contribution >= 4 is 5.70 Å². The van der Waals surface area contributed by atoms with Gasteiger partial charge in [-0.25, -0.2) is 0 Å². The Kier molecular flexibility index (Phi) is 4.14. The summed E-state index contributed by atoms with van der Waals surface area (Å²) in [6.07, 6.45) is 5.78. The second-order valence-corrected chi connectivity index (χ2v) is 8.04. The summed E-state index contributed by atoms with van der Waals surface area (Å²) in [5.41, 5.74) is 5.28. The molecule has 0 radical (unpaired) electrons. The van der Waals surface area contributed by atoms with Gasteiger partial charge in [0.15, 0.2) is 23.0 Å². The maximum absolute atomic E-state index is 6.74. The molecule has 1 spiro atoms. The fraction of sp³-hybridized carbons (Fsp3) is 0.455. The smallest absolute Gasteiger partial charge is 0.183 e. The zero-order valence-corrected chi connectivity index (χ0v) is 16.6. The quantitative estimate of drug-likeness (QED) is 0.873. The van der Waals surface area contributed by atoms with Crippen LogP contribution in [0.15, 0.2) is 47.1 Å². The first kappa shape index (κ1) is 17.6. The molecule has 1 aromatic carbocycles. The fourth-order valence-electron chi connectivity index (χ4n) is 4.63. The van der Waals surface area contributed by atoms with Gasteiger partial charge < -0.3 is 24.2 Å². The van der Waals surface area contributed by atoms with Crippen LogP contribution in [0.25, 0.3) is 5.70 Å². The van der Waals surface area contributed by atoms with Crippen LogP contribution in [-0.2, 0) is 0 Å². The van der Waals surface area contributed by atoms with Crippen LogP contribution in [0.5, 0.6) is 11.5 Å². The second-order valence-electron chi connectivity index (χ2n) is 8.04. The topological polar surface area (TPSA) is 50.1 Å². The number of furan rings is 1. The van der Waals surface area contributed by atoms with E-state index >= 15 is 0 Å². The standard InChI is InChI=1S/C22H27N3O3/c1-15(2)24-11-9-22(10-12-24)25-18(14-17(23-25)19-8-5-13-27-19)16-6-4-7-20(26-3)21(16)28-22/h4-8,13-15,18,23H,9-12H2,1-3H3/t18-/m1/s1. The van der Waals surface area contributed by atoms with E-state index in [1.807, 2.05) is 24.3 Å². The molecular weight excluding hydrogens is 354 g/mol. The zero-order valence-electron chi connectivity index (χ0n) is 16.6. The lowest BCUT2D eigenvalue weighted by Gasteiger charge is -2.52. The van der Waals surface area contributed by atoms with E-state index in [-0.39, 0.29) is 6.04 Å².